The van der Waals surface area contributed by atoms with Crippen LogP contribution in [0.5, 0.6) is 0 Å². The van der Waals surface area contributed by atoms with Crippen LogP contribution in [0.3, 0.4) is 0 Å². The number of rotatable bonds is 7. The zero-order valence-corrected chi connectivity index (χ0v) is 11.5. The summed E-state index contributed by atoms with van der Waals surface area (Å²) in [5, 5.41) is 24.5. The summed E-state index contributed by atoms with van der Waals surface area (Å²) < 4.78 is 0. The molecule has 0 fully saturated rings. The van der Waals surface area contributed by atoms with Crippen molar-refractivity contribution in [3.8, 4) is 0 Å². The Labute approximate surface area is 115 Å². The minimum atomic E-state index is -1.45. The summed E-state index contributed by atoms with van der Waals surface area (Å²) in [6.45, 7) is 3.44. The van der Waals surface area contributed by atoms with Crippen LogP contribution < -0.4 is 16.0 Å². The standard InChI is InChI=1S/C11H19N3O6/c1-5(13-7(3)16)10(18)12-4-8(17)14-9(6(2)15)11(19)20/h5-6,9,15H,4H2,1-3H3,(H,12,18)(H,13,16)(H,14,17)(H,19,20)/t5-,6+,9-/m0/s1. The van der Waals surface area contributed by atoms with E-state index in [1.54, 1.807) is 0 Å². The van der Waals surface area contributed by atoms with Gasteiger partial charge in [-0.1, -0.05) is 0 Å². The first-order chi connectivity index (χ1) is 9.15. The Hall–Kier alpha value is -2.16. The highest BCUT2D eigenvalue weighted by atomic mass is 16.4. The Morgan fingerprint density at radius 2 is 1.65 bits per heavy atom. The first kappa shape index (κ1) is 17.8. The van der Waals surface area contributed by atoms with Gasteiger partial charge in [-0.25, -0.2) is 4.79 Å². The molecule has 20 heavy (non-hydrogen) atoms. The fourth-order valence-corrected chi connectivity index (χ4v) is 1.30. The number of aliphatic hydroxyl groups excluding tert-OH is 1. The van der Waals surface area contributed by atoms with Gasteiger partial charge in [-0.2, -0.15) is 0 Å². The average Bonchev–Trinajstić information content (AvgIpc) is 2.31. The SMILES string of the molecule is CC(=O)N[C@@H](C)C(=O)NCC(=O)N[C@H](C(=O)O)[C@@H](C)O. The van der Waals surface area contributed by atoms with Crippen LogP contribution in [0.25, 0.3) is 0 Å². The number of carbonyl (C=O) groups excluding carboxylic acids is 3. The minimum Gasteiger partial charge on any atom is -0.480 e. The molecular formula is C11H19N3O6. The fourth-order valence-electron chi connectivity index (χ4n) is 1.30. The van der Waals surface area contributed by atoms with E-state index in [4.69, 9.17) is 10.2 Å². The third kappa shape index (κ3) is 6.69. The topological polar surface area (TPSA) is 145 Å². The average molecular weight is 289 g/mol. The third-order valence-corrected chi connectivity index (χ3v) is 2.30. The number of hydrogen-bond acceptors (Lipinski definition) is 5. The Balaban J connectivity index is 4.25. The largest absolute Gasteiger partial charge is 0.480 e. The minimum absolute atomic E-state index is 0.392. The fraction of sp³-hybridized carbons (Fsp3) is 0.636. The second-order valence-corrected chi connectivity index (χ2v) is 4.26. The van der Waals surface area contributed by atoms with Gasteiger partial charge >= 0.3 is 5.97 Å². The van der Waals surface area contributed by atoms with Crippen LogP contribution in [-0.4, -0.2) is 58.6 Å². The maximum atomic E-state index is 11.5. The van der Waals surface area contributed by atoms with E-state index in [2.05, 4.69) is 16.0 Å². The highest BCUT2D eigenvalue weighted by Crippen LogP contribution is 1.92. The van der Waals surface area contributed by atoms with Gasteiger partial charge in [0.1, 0.15) is 6.04 Å². The Morgan fingerprint density at radius 1 is 1.10 bits per heavy atom. The number of carboxylic acids is 1. The molecule has 0 saturated heterocycles. The van der Waals surface area contributed by atoms with E-state index in [1.165, 1.54) is 20.8 Å². The number of nitrogens with one attached hydrogen (secondary N) is 3. The van der Waals surface area contributed by atoms with E-state index in [0.29, 0.717) is 0 Å². The molecule has 0 saturated carbocycles. The Morgan fingerprint density at radius 3 is 2.05 bits per heavy atom. The van der Waals surface area contributed by atoms with Crippen molar-refractivity contribution >= 4 is 23.7 Å². The van der Waals surface area contributed by atoms with Crippen LogP contribution in [0, 0.1) is 0 Å². The molecule has 0 heterocycles. The van der Waals surface area contributed by atoms with Crippen molar-refractivity contribution < 1.29 is 29.4 Å². The molecule has 0 spiro atoms. The highest BCUT2D eigenvalue weighted by molar-refractivity contribution is 5.91. The lowest BCUT2D eigenvalue weighted by Gasteiger charge is -2.18. The van der Waals surface area contributed by atoms with Crippen LogP contribution in [0.1, 0.15) is 20.8 Å². The summed E-state index contributed by atoms with van der Waals surface area (Å²) >= 11 is 0. The first-order valence-corrected chi connectivity index (χ1v) is 5.90. The van der Waals surface area contributed by atoms with Crippen LogP contribution in [-0.2, 0) is 19.2 Å². The lowest BCUT2D eigenvalue weighted by molar-refractivity contribution is -0.144. The van der Waals surface area contributed by atoms with E-state index in [9.17, 15) is 19.2 Å². The molecule has 0 aromatic carbocycles. The number of aliphatic hydroxyl groups is 1. The monoisotopic (exact) mass is 289 g/mol. The zero-order chi connectivity index (χ0) is 15.9. The van der Waals surface area contributed by atoms with Crippen molar-refractivity contribution in [1.82, 2.24) is 16.0 Å². The van der Waals surface area contributed by atoms with Gasteiger partial charge in [-0.05, 0) is 13.8 Å². The molecule has 0 bridgehead atoms. The van der Waals surface area contributed by atoms with Gasteiger partial charge < -0.3 is 26.2 Å². The van der Waals surface area contributed by atoms with Gasteiger partial charge in [0, 0.05) is 6.92 Å². The summed E-state index contributed by atoms with van der Waals surface area (Å²) in [6.07, 6.45) is -1.27. The van der Waals surface area contributed by atoms with Crippen molar-refractivity contribution in [2.24, 2.45) is 0 Å². The van der Waals surface area contributed by atoms with E-state index in [-0.39, 0.29) is 0 Å². The molecule has 0 aliphatic heterocycles. The molecule has 0 radical (unpaired) electrons. The lowest BCUT2D eigenvalue weighted by atomic mass is 10.2. The van der Waals surface area contributed by atoms with E-state index < -0.39 is 48.4 Å². The summed E-state index contributed by atoms with van der Waals surface area (Å²) in [4.78, 5) is 44.4. The molecule has 114 valence electrons. The normalized spacial score (nSPS) is 14.6. The quantitative estimate of drug-likeness (QED) is 0.352. The molecule has 0 aromatic heterocycles. The summed E-state index contributed by atoms with van der Waals surface area (Å²) in [6, 6.07) is -2.26. The van der Waals surface area contributed by atoms with Gasteiger partial charge in [0.25, 0.3) is 0 Å². The third-order valence-electron chi connectivity index (χ3n) is 2.30. The Kier molecular flexibility index (Phi) is 7.22. The summed E-state index contributed by atoms with van der Waals surface area (Å²) in [7, 11) is 0. The smallest absolute Gasteiger partial charge is 0.328 e. The number of carboxylic acid groups (broad SMARTS) is 1. The number of carbonyl (C=O) groups is 4. The predicted octanol–water partition coefficient (Wildman–Crippen LogP) is -2.42. The van der Waals surface area contributed by atoms with Gasteiger partial charge in [0.2, 0.25) is 17.7 Å². The maximum Gasteiger partial charge on any atom is 0.328 e. The predicted molar refractivity (Wildman–Crippen MR) is 67.5 cm³/mol. The Bertz CT molecular complexity index is 396. The van der Waals surface area contributed by atoms with E-state index in [0.717, 1.165) is 0 Å². The molecule has 0 aliphatic carbocycles. The maximum absolute atomic E-state index is 11.5. The van der Waals surface area contributed by atoms with E-state index in [1.807, 2.05) is 0 Å². The van der Waals surface area contributed by atoms with Crippen molar-refractivity contribution in [3.05, 3.63) is 0 Å². The van der Waals surface area contributed by atoms with Crippen molar-refractivity contribution in [1.29, 1.82) is 0 Å². The van der Waals surface area contributed by atoms with Gasteiger partial charge in [-0.3, -0.25) is 14.4 Å². The van der Waals surface area contributed by atoms with Gasteiger partial charge in [-0.15, -0.1) is 0 Å². The molecule has 0 aliphatic rings. The molecule has 9 heteroatoms. The molecular weight excluding hydrogens is 270 g/mol. The van der Waals surface area contributed by atoms with Gasteiger partial charge in [0.05, 0.1) is 12.6 Å². The van der Waals surface area contributed by atoms with E-state index >= 15 is 0 Å². The van der Waals surface area contributed by atoms with Crippen LogP contribution in [0.2, 0.25) is 0 Å². The van der Waals surface area contributed by atoms with Crippen LogP contribution >= 0.6 is 0 Å². The molecule has 3 atom stereocenters. The summed E-state index contributed by atoms with van der Waals surface area (Å²) in [5.74, 6) is -3.12. The number of hydrogen-bond donors (Lipinski definition) is 5. The lowest BCUT2D eigenvalue weighted by Crippen LogP contribution is -2.52. The van der Waals surface area contributed by atoms with Crippen LogP contribution in [0.15, 0.2) is 0 Å². The molecule has 0 rings (SSSR count). The molecule has 0 unspecified atom stereocenters. The zero-order valence-electron chi connectivity index (χ0n) is 11.5. The number of aliphatic carboxylic acids is 1. The second kappa shape index (κ2) is 8.10. The molecule has 5 N–H and O–H groups in total. The van der Waals surface area contributed by atoms with Gasteiger partial charge in [0.15, 0.2) is 6.04 Å². The summed E-state index contributed by atoms with van der Waals surface area (Å²) in [5.41, 5.74) is 0. The van der Waals surface area contributed by atoms with Crippen molar-refractivity contribution in [2.45, 2.75) is 39.0 Å². The van der Waals surface area contributed by atoms with Crippen molar-refractivity contribution in [2.75, 3.05) is 6.54 Å². The first-order valence-electron chi connectivity index (χ1n) is 5.90. The number of amides is 3. The molecule has 3 amide bonds. The molecule has 0 aromatic rings. The van der Waals surface area contributed by atoms with Crippen molar-refractivity contribution in [3.63, 3.8) is 0 Å². The van der Waals surface area contributed by atoms with Crippen LogP contribution in [0.4, 0.5) is 0 Å². The highest BCUT2D eigenvalue weighted by Gasteiger charge is 2.25. The molecule has 9 nitrogen and oxygen atoms in total. The second-order valence-electron chi connectivity index (χ2n) is 4.26.